The summed E-state index contributed by atoms with van der Waals surface area (Å²) in [5.41, 5.74) is 1.28. The molecule has 2 unspecified atom stereocenters. The van der Waals surface area contributed by atoms with Crippen molar-refractivity contribution in [3.8, 4) is 0 Å². The zero-order valence-corrected chi connectivity index (χ0v) is 13.3. The summed E-state index contributed by atoms with van der Waals surface area (Å²) in [4.78, 5) is 26.2. The van der Waals surface area contributed by atoms with Crippen LogP contribution in [0.1, 0.15) is 37.1 Å². The van der Waals surface area contributed by atoms with E-state index in [0.29, 0.717) is 25.9 Å². The first-order valence-electron chi connectivity index (χ1n) is 7.35. The molecule has 2 heterocycles. The molecule has 1 aliphatic heterocycles. The summed E-state index contributed by atoms with van der Waals surface area (Å²) in [6, 6.07) is 1.96. The van der Waals surface area contributed by atoms with Crippen LogP contribution in [0.3, 0.4) is 0 Å². The molecule has 1 fully saturated rings. The van der Waals surface area contributed by atoms with Gasteiger partial charge in [0.25, 0.3) is 0 Å². The van der Waals surface area contributed by atoms with Gasteiger partial charge in [-0.15, -0.1) is 11.3 Å². The van der Waals surface area contributed by atoms with Crippen molar-refractivity contribution >= 4 is 23.3 Å². The molecule has 0 aliphatic carbocycles. The molecule has 6 heteroatoms. The summed E-state index contributed by atoms with van der Waals surface area (Å²) in [6.45, 7) is 5.07. The average molecular weight is 310 g/mol. The van der Waals surface area contributed by atoms with Crippen LogP contribution < -0.4 is 5.32 Å². The van der Waals surface area contributed by atoms with E-state index in [1.54, 1.807) is 16.2 Å². The highest BCUT2D eigenvalue weighted by atomic mass is 32.1. The number of carbonyl (C=O) groups is 2. The highest BCUT2D eigenvalue weighted by molar-refractivity contribution is 7.10. The second kappa shape index (κ2) is 6.93. The lowest BCUT2D eigenvalue weighted by molar-refractivity contribution is -0.143. The summed E-state index contributed by atoms with van der Waals surface area (Å²) in [5, 5.41) is 14.0. The SMILES string of the molecule is CCc1ccsc1CNC(=O)N1CCC(C(=O)O)CC1C. The molecular formula is C15H22N2O3S. The van der Waals surface area contributed by atoms with Crippen molar-refractivity contribution in [1.82, 2.24) is 10.2 Å². The first-order valence-corrected chi connectivity index (χ1v) is 8.23. The predicted octanol–water partition coefficient (Wildman–Crippen LogP) is 2.71. The molecule has 21 heavy (non-hydrogen) atoms. The van der Waals surface area contributed by atoms with Crippen molar-refractivity contribution in [2.45, 2.75) is 45.7 Å². The third-order valence-electron chi connectivity index (χ3n) is 4.11. The smallest absolute Gasteiger partial charge is 0.317 e. The Labute approximate surface area is 129 Å². The quantitative estimate of drug-likeness (QED) is 0.898. The highest BCUT2D eigenvalue weighted by Crippen LogP contribution is 2.23. The first kappa shape index (κ1) is 15.8. The number of aryl methyl sites for hydroxylation is 1. The summed E-state index contributed by atoms with van der Waals surface area (Å²) >= 11 is 1.66. The van der Waals surface area contributed by atoms with E-state index in [9.17, 15) is 9.59 Å². The Kier molecular flexibility index (Phi) is 5.22. The van der Waals surface area contributed by atoms with Crippen LogP contribution in [0.4, 0.5) is 4.79 Å². The summed E-state index contributed by atoms with van der Waals surface area (Å²) < 4.78 is 0. The van der Waals surface area contributed by atoms with Crippen LogP contribution in [0, 0.1) is 5.92 Å². The van der Waals surface area contributed by atoms with Crippen LogP contribution in [0.15, 0.2) is 11.4 Å². The number of hydrogen-bond donors (Lipinski definition) is 2. The number of thiophene rings is 1. The number of likely N-dealkylation sites (tertiary alicyclic amines) is 1. The maximum Gasteiger partial charge on any atom is 0.317 e. The summed E-state index contributed by atoms with van der Waals surface area (Å²) in [5.74, 6) is -1.08. The minimum absolute atomic E-state index is 0.0335. The zero-order chi connectivity index (χ0) is 15.4. The van der Waals surface area contributed by atoms with Gasteiger partial charge in [-0.05, 0) is 43.2 Å². The fraction of sp³-hybridized carbons (Fsp3) is 0.600. The van der Waals surface area contributed by atoms with Gasteiger partial charge in [-0.3, -0.25) is 4.79 Å². The Hall–Kier alpha value is -1.56. The van der Waals surface area contributed by atoms with Gasteiger partial charge in [0.2, 0.25) is 0 Å². The van der Waals surface area contributed by atoms with E-state index in [0.717, 1.165) is 6.42 Å². The lowest BCUT2D eigenvalue weighted by atomic mass is 9.92. The molecule has 1 aliphatic rings. The molecule has 2 rings (SSSR count). The van der Waals surface area contributed by atoms with Gasteiger partial charge < -0.3 is 15.3 Å². The van der Waals surface area contributed by atoms with E-state index in [1.807, 2.05) is 12.3 Å². The van der Waals surface area contributed by atoms with Crippen LogP contribution in [-0.4, -0.2) is 34.6 Å². The van der Waals surface area contributed by atoms with Crippen molar-refractivity contribution < 1.29 is 14.7 Å². The number of nitrogens with zero attached hydrogens (tertiary/aromatic N) is 1. The Morgan fingerprint density at radius 3 is 2.90 bits per heavy atom. The molecule has 1 aromatic rings. The van der Waals surface area contributed by atoms with Crippen molar-refractivity contribution in [3.63, 3.8) is 0 Å². The van der Waals surface area contributed by atoms with Gasteiger partial charge >= 0.3 is 12.0 Å². The molecule has 0 bridgehead atoms. The topological polar surface area (TPSA) is 69.6 Å². The average Bonchev–Trinajstić information content (AvgIpc) is 2.91. The molecule has 5 nitrogen and oxygen atoms in total. The van der Waals surface area contributed by atoms with Crippen LogP contribution in [0.2, 0.25) is 0 Å². The lowest BCUT2D eigenvalue weighted by Gasteiger charge is -2.36. The third-order valence-corrected chi connectivity index (χ3v) is 5.07. The Balaban J connectivity index is 1.88. The molecule has 2 N–H and O–H groups in total. The number of hydrogen-bond acceptors (Lipinski definition) is 3. The van der Waals surface area contributed by atoms with Crippen molar-refractivity contribution in [2.24, 2.45) is 5.92 Å². The maximum atomic E-state index is 12.3. The number of urea groups is 1. The van der Waals surface area contributed by atoms with Crippen LogP contribution >= 0.6 is 11.3 Å². The van der Waals surface area contributed by atoms with Gasteiger partial charge in [-0.1, -0.05) is 6.92 Å². The molecule has 0 radical (unpaired) electrons. The van der Waals surface area contributed by atoms with E-state index in [2.05, 4.69) is 18.3 Å². The number of carboxylic acids is 1. The molecule has 116 valence electrons. The number of carboxylic acid groups (broad SMARTS) is 1. The van der Waals surface area contributed by atoms with Gasteiger partial charge in [-0.25, -0.2) is 4.79 Å². The zero-order valence-electron chi connectivity index (χ0n) is 12.5. The van der Waals surface area contributed by atoms with Crippen molar-refractivity contribution in [2.75, 3.05) is 6.54 Å². The van der Waals surface area contributed by atoms with Crippen LogP contribution in [-0.2, 0) is 17.8 Å². The third kappa shape index (κ3) is 3.75. The summed E-state index contributed by atoms with van der Waals surface area (Å²) in [6.07, 6.45) is 2.03. The Morgan fingerprint density at radius 1 is 1.52 bits per heavy atom. The van der Waals surface area contributed by atoms with Gasteiger partial charge in [0.05, 0.1) is 12.5 Å². The number of rotatable bonds is 4. The number of piperidine rings is 1. The lowest BCUT2D eigenvalue weighted by Crippen LogP contribution is -2.49. The van der Waals surface area contributed by atoms with Crippen LogP contribution in [0.5, 0.6) is 0 Å². The molecule has 0 aromatic carbocycles. The molecule has 0 spiro atoms. The van der Waals surface area contributed by atoms with Gasteiger partial charge in [-0.2, -0.15) is 0 Å². The van der Waals surface area contributed by atoms with Gasteiger partial charge in [0.1, 0.15) is 0 Å². The fourth-order valence-corrected chi connectivity index (χ4v) is 3.71. The molecule has 1 aromatic heterocycles. The van der Waals surface area contributed by atoms with Gasteiger partial charge in [0, 0.05) is 17.5 Å². The largest absolute Gasteiger partial charge is 0.481 e. The molecule has 1 saturated heterocycles. The van der Waals surface area contributed by atoms with E-state index < -0.39 is 5.97 Å². The second-order valence-electron chi connectivity index (χ2n) is 5.48. The number of aliphatic carboxylic acids is 1. The number of nitrogens with one attached hydrogen (secondary N) is 1. The maximum absolute atomic E-state index is 12.3. The van der Waals surface area contributed by atoms with E-state index >= 15 is 0 Å². The molecule has 2 amide bonds. The monoisotopic (exact) mass is 310 g/mol. The first-order chi connectivity index (χ1) is 10.0. The molecular weight excluding hydrogens is 288 g/mol. The van der Waals surface area contributed by atoms with E-state index in [1.165, 1.54) is 10.4 Å². The minimum atomic E-state index is -0.756. The standard InChI is InChI=1S/C15H22N2O3S/c1-3-11-5-7-21-13(11)9-16-15(20)17-6-4-12(14(18)19)8-10(17)2/h5,7,10,12H,3-4,6,8-9H2,1-2H3,(H,16,20)(H,18,19). The number of carbonyl (C=O) groups excluding carboxylic acids is 1. The van der Waals surface area contributed by atoms with Crippen LogP contribution in [0.25, 0.3) is 0 Å². The number of amides is 2. The Morgan fingerprint density at radius 2 is 2.29 bits per heavy atom. The minimum Gasteiger partial charge on any atom is -0.481 e. The normalized spacial score (nSPS) is 22.1. The Bertz CT molecular complexity index is 515. The second-order valence-corrected chi connectivity index (χ2v) is 6.48. The molecule has 0 saturated carbocycles. The highest BCUT2D eigenvalue weighted by Gasteiger charge is 2.32. The van der Waals surface area contributed by atoms with Crippen molar-refractivity contribution in [3.05, 3.63) is 21.9 Å². The predicted molar refractivity (Wildman–Crippen MR) is 82.5 cm³/mol. The van der Waals surface area contributed by atoms with Gasteiger partial charge in [0.15, 0.2) is 0 Å². The van der Waals surface area contributed by atoms with Crippen molar-refractivity contribution in [1.29, 1.82) is 0 Å². The summed E-state index contributed by atoms with van der Waals surface area (Å²) in [7, 11) is 0. The van der Waals surface area contributed by atoms with E-state index in [-0.39, 0.29) is 18.0 Å². The van der Waals surface area contributed by atoms with E-state index in [4.69, 9.17) is 5.11 Å². The molecule has 2 atom stereocenters. The fourth-order valence-electron chi connectivity index (χ4n) is 2.79.